The number of rotatable bonds is 2. The van der Waals surface area contributed by atoms with Gasteiger partial charge in [0.05, 0.1) is 11.6 Å². The predicted molar refractivity (Wildman–Crippen MR) is 115 cm³/mol. The van der Waals surface area contributed by atoms with Gasteiger partial charge in [-0.15, -0.1) is 0 Å². The molecule has 1 N–H and O–H groups in total. The highest BCUT2D eigenvalue weighted by molar-refractivity contribution is 6.11. The first-order chi connectivity index (χ1) is 14.4. The van der Waals surface area contributed by atoms with Crippen molar-refractivity contribution in [2.24, 2.45) is 14.1 Å². The van der Waals surface area contributed by atoms with Crippen molar-refractivity contribution in [1.29, 1.82) is 0 Å². The van der Waals surface area contributed by atoms with Crippen molar-refractivity contribution < 1.29 is 4.79 Å². The van der Waals surface area contributed by atoms with Gasteiger partial charge in [-0.2, -0.15) is 5.10 Å². The van der Waals surface area contributed by atoms with Crippen molar-refractivity contribution in [3.8, 4) is 11.3 Å². The van der Waals surface area contributed by atoms with Gasteiger partial charge in [-0.1, -0.05) is 18.2 Å². The normalized spacial score (nSPS) is 22.3. The van der Waals surface area contributed by atoms with Gasteiger partial charge in [0.15, 0.2) is 0 Å². The summed E-state index contributed by atoms with van der Waals surface area (Å²) >= 11 is 0. The fourth-order valence-corrected chi connectivity index (χ4v) is 5.20. The molecular weight excluding hydrogens is 378 g/mol. The number of carbonyl (C=O) groups excluding carboxylic acids is 1. The van der Waals surface area contributed by atoms with Crippen LogP contribution in [0.2, 0.25) is 0 Å². The summed E-state index contributed by atoms with van der Waals surface area (Å²) in [6, 6.07) is 10.0. The smallest absolute Gasteiger partial charge is 0.274 e. The van der Waals surface area contributed by atoms with Crippen LogP contribution >= 0.6 is 0 Å². The molecule has 1 aromatic carbocycles. The van der Waals surface area contributed by atoms with Crippen molar-refractivity contribution >= 4 is 22.5 Å². The summed E-state index contributed by atoms with van der Waals surface area (Å²) in [4.78, 5) is 31.2. The SMILES string of the molecule is CN1C(=O)C2(CC2c2cn(C)c(=O)c3[nH]c(-c4cnn(C)c4)cc23)c2ccccc21. The van der Waals surface area contributed by atoms with E-state index in [1.54, 1.807) is 27.4 Å². The van der Waals surface area contributed by atoms with Crippen LogP contribution in [0.4, 0.5) is 5.69 Å². The second-order valence-corrected chi connectivity index (χ2v) is 8.48. The van der Waals surface area contributed by atoms with Gasteiger partial charge in [-0.3, -0.25) is 14.3 Å². The molecule has 0 bridgehead atoms. The van der Waals surface area contributed by atoms with Gasteiger partial charge < -0.3 is 14.5 Å². The molecule has 1 aliphatic carbocycles. The van der Waals surface area contributed by atoms with Gasteiger partial charge in [0.1, 0.15) is 5.52 Å². The summed E-state index contributed by atoms with van der Waals surface area (Å²) in [5, 5.41) is 5.13. The number of para-hydroxylation sites is 1. The number of aromatic nitrogens is 4. The molecule has 1 spiro atoms. The molecular formula is C23H21N5O2. The Morgan fingerprint density at radius 1 is 1.13 bits per heavy atom. The molecule has 30 heavy (non-hydrogen) atoms. The van der Waals surface area contributed by atoms with Crippen LogP contribution in [0.25, 0.3) is 22.2 Å². The summed E-state index contributed by atoms with van der Waals surface area (Å²) in [5.41, 5.74) is 4.86. The van der Waals surface area contributed by atoms with Crippen LogP contribution in [-0.2, 0) is 24.3 Å². The average molecular weight is 399 g/mol. The van der Waals surface area contributed by atoms with Crippen LogP contribution in [0.1, 0.15) is 23.5 Å². The number of H-pyrrole nitrogens is 1. The number of pyridine rings is 1. The summed E-state index contributed by atoms with van der Waals surface area (Å²) in [6.07, 6.45) is 6.35. The minimum absolute atomic E-state index is 0.0444. The van der Waals surface area contributed by atoms with Crippen LogP contribution < -0.4 is 10.5 Å². The predicted octanol–water partition coefficient (Wildman–Crippen LogP) is 2.67. The second-order valence-electron chi connectivity index (χ2n) is 8.48. The summed E-state index contributed by atoms with van der Waals surface area (Å²) in [5.74, 6) is 0.182. The molecule has 1 fully saturated rings. The van der Waals surface area contributed by atoms with Crippen LogP contribution in [0.3, 0.4) is 0 Å². The standard InChI is InChI=1S/C23H21N5O2/c1-26-12-15(14-8-18(25-20(14)21(26)29)13-10-24-27(2)11-13)17-9-23(17)16-6-4-5-7-19(16)28(3)22(23)30/h4-8,10-12,17,25H,9H2,1-3H3. The average Bonchev–Trinajstić information content (AvgIpc) is 3.00. The monoisotopic (exact) mass is 399 g/mol. The van der Waals surface area contributed by atoms with E-state index in [2.05, 4.69) is 16.1 Å². The molecule has 7 heteroatoms. The highest BCUT2D eigenvalue weighted by Crippen LogP contribution is 2.66. The number of hydrogen-bond donors (Lipinski definition) is 1. The van der Waals surface area contributed by atoms with E-state index < -0.39 is 5.41 Å². The molecule has 150 valence electrons. The van der Waals surface area contributed by atoms with Crippen molar-refractivity contribution in [2.45, 2.75) is 17.8 Å². The highest BCUT2D eigenvalue weighted by atomic mass is 16.2. The number of hydrogen-bond acceptors (Lipinski definition) is 3. The Morgan fingerprint density at radius 2 is 1.93 bits per heavy atom. The third kappa shape index (κ3) is 2.01. The van der Waals surface area contributed by atoms with Crippen LogP contribution in [0, 0.1) is 0 Å². The molecule has 2 atom stereocenters. The number of nitrogens with one attached hydrogen (secondary N) is 1. The molecule has 2 unspecified atom stereocenters. The Balaban J connectivity index is 1.55. The number of benzene rings is 1. The van der Waals surface area contributed by atoms with Crippen molar-refractivity contribution in [1.82, 2.24) is 19.3 Å². The Hall–Kier alpha value is -3.61. The van der Waals surface area contributed by atoms with Gasteiger partial charge in [0.2, 0.25) is 5.91 Å². The maximum absolute atomic E-state index is 13.3. The van der Waals surface area contributed by atoms with E-state index in [4.69, 9.17) is 0 Å². The Bertz CT molecular complexity index is 1430. The molecule has 2 aliphatic rings. The zero-order valence-electron chi connectivity index (χ0n) is 17.0. The number of fused-ring (bicyclic) bond motifs is 3. The first-order valence-corrected chi connectivity index (χ1v) is 10.0. The lowest BCUT2D eigenvalue weighted by Crippen LogP contribution is -2.29. The quantitative estimate of drug-likeness (QED) is 0.563. The van der Waals surface area contributed by atoms with E-state index in [0.717, 1.165) is 39.9 Å². The number of aromatic amines is 1. The Labute approximate surface area is 172 Å². The zero-order chi connectivity index (χ0) is 20.8. The van der Waals surface area contributed by atoms with E-state index in [9.17, 15) is 9.59 Å². The number of aryl methyl sites for hydroxylation is 2. The van der Waals surface area contributed by atoms with E-state index >= 15 is 0 Å². The molecule has 7 nitrogen and oxygen atoms in total. The summed E-state index contributed by atoms with van der Waals surface area (Å²) in [7, 11) is 5.48. The van der Waals surface area contributed by atoms with Crippen LogP contribution in [0.15, 0.2) is 53.7 Å². The van der Waals surface area contributed by atoms with Crippen LogP contribution in [-0.4, -0.2) is 32.3 Å². The van der Waals surface area contributed by atoms with E-state index in [0.29, 0.717) is 5.52 Å². The van der Waals surface area contributed by atoms with Gasteiger partial charge in [0.25, 0.3) is 5.56 Å². The Morgan fingerprint density at radius 3 is 2.70 bits per heavy atom. The lowest BCUT2D eigenvalue weighted by molar-refractivity contribution is -0.120. The fourth-order valence-electron chi connectivity index (χ4n) is 5.20. The number of amides is 1. The highest BCUT2D eigenvalue weighted by Gasteiger charge is 2.67. The summed E-state index contributed by atoms with van der Waals surface area (Å²) < 4.78 is 3.35. The van der Waals surface area contributed by atoms with Gasteiger partial charge >= 0.3 is 0 Å². The third-order valence-electron chi connectivity index (χ3n) is 6.78. The van der Waals surface area contributed by atoms with Gasteiger partial charge in [-0.25, -0.2) is 0 Å². The number of nitrogens with zero attached hydrogens (tertiary/aromatic N) is 4. The first kappa shape index (κ1) is 17.3. The largest absolute Gasteiger partial charge is 0.350 e. The topological polar surface area (TPSA) is 75.9 Å². The molecule has 0 saturated heterocycles. The Kier molecular flexibility index (Phi) is 3.17. The molecule has 6 rings (SSSR count). The molecule has 3 aromatic heterocycles. The minimum atomic E-state index is -0.526. The third-order valence-corrected chi connectivity index (χ3v) is 6.78. The fraction of sp³-hybridized carbons (Fsp3) is 0.261. The van der Waals surface area contributed by atoms with Crippen LogP contribution in [0.5, 0.6) is 0 Å². The maximum atomic E-state index is 13.3. The van der Waals surface area contributed by atoms with Gasteiger partial charge in [0, 0.05) is 61.8 Å². The zero-order valence-corrected chi connectivity index (χ0v) is 17.0. The first-order valence-electron chi connectivity index (χ1n) is 10.0. The maximum Gasteiger partial charge on any atom is 0.274 e. The molecule has 1 saturated carbocycles. The second kappa shape index (κ2) is 5.50. The van der Waals surface area contributed by atoms with Crippen molar-refractivity contribution in [3.05, 3.63) is 70.4 Å². The molecule has 4 heterocycles. The van der Waals surface area contributed by atoms with E-state index in [-0.39, 0.29) is 17.4 Å². The lowest BCUT2D eigenvalue weighted by atomic mass is 9.91. The summed E-state index contributed by atoms with van der Waals surface area (Å²) in [6.45, 7) is 0. The van der Waals surface area contributed by atoms with Gasteiger partial charge in [-0.05, 0) is 29.7 Å². The van der Waals surface area contributed by atoms with E-state index in [1.165, 1.54) is 0 Å². The van der Waals surface area contributed by atoms with Crippen molar-refractivity contribution in [3.63, 3.8) is 0 Å². The number of likely N-dealkylation sites (N-methyl/N-ethyl adjacent to an activating group) is 1. The number of anilines is 1. The molecule has 0 radical (unpaired) electrons. The molecule has 1 aliphatic heterocycles. The minimum Gasteiger partial charge on any atom is -0.350 e. The van der Waals surface area contributed by atoms with Crippen molar-refractivity contribution in [2.75, 3.05) is 11.9 Å². The van der Waals surface area contributed by atoms with E-state index in [1.807, 2.05) is 50.8 Å². The lowest BCUT2D eigenvalue weighted by Gasteiger charge is -2.12. The number of carbonyl (C=O) groups is 1. The molecule has 1 amide bonds. The molecule has 4 aromatic rings.